The monoisotopic (exact) mass is 448 g/mol. The third kappa shape index (κ3) is 5.28. The number of hydrogen-bond donors (Lipinski definition) is 3. The van der Waals surface area contributed by atoms with Crippen LogP contribution in [0.25, 0.3) is 22.2 Å². The Bertz CT molecular complexity index is 1110. The van der Waals surface area contributed by atoms with Crippen LogP contribution in [0, 0.1) is 13.8 Å². The number of carbonyl (C=O) groups excluding carboxylic acids is 1. The molecule has 1 aliphatic rings. The molecule has 3 aromatic rings. The Labute approximate surface area is 196 Å². The molecule has 0 aliphatic carbocycles. The first-order valence-corrected chi connectivity index (χ1v) is 12.1. The van der Waals surface area contributed by atoms with Gasteiger partial charge in [0.15, 0.2) is 0 Å². The molecule has 1 aromatic carbocycles. The van der Waals surface area contributed by atoms with Crippen molar-refractivity contribution in [3.8, 4) is 11.3 Å². The number of aryl methyl sites for hydroxylation is 2. The number of pyridine rings is 1. The van der Waals surface area contributed by atoms with E-state index in [4.69, 9.17) is 5.11 Å². The summed E-state index contributed by atoms with van der Waals surface area (Å²) in [5.74, 6) is 0.902. The van der Waals surface area contributed by atoms with E-state index in [1.165, 1.54) is 33.3 Å². The lowest BCUT2D eigenvalue weighted by molar-refractivity contribution is -0.122. The molecule has 3 heterocycles. The molecule has 1 aliphatic heterocycles. The van der Waals surface area contributed by atoms with E-state index in [-0.39, 0.29) is 12.5 Å². The van der Waals surface area contributed by atoms with Gasteiger partial charge >= 0.3 is 0 Å². The van der Waals surface area contributed by atoms with Crippen LogP contribution in [0.5, 0.6) is 0 Å². The summed E-state index contributed by atoms with van der Waals surface area (Å²) in [5.41, 5.74) is 8.43. The second kappa shape index (κ2) is 10.1. The zero-order valence-electron chi connectivity index (χ0n) is 20.2. The number of fused-ring (bicyclic) bond motifs is 1. The van der Waals surface area contributed by atoms with Crippen LogP contribution in [-0.2, 0) is 4.79 Å². The summed E-state index contributed by atoms with van der Waals surface area (Å²) in [6, 6.07) is 11.2. The summed E-state index contributed by atoms with van der Waals surface area (Å²) < 4.78 is 0. The van der Waals surface area contributed by atoms with Gasteiger partial charge in [0.05, 0.1) is 18.8 Å². The molecule has 0 atom stereocenters. The van der Waals surface area contributed by atoms with Gasteiger partial charge in [-0.25, -0.2) is 0 Å². The maximum Gasteiger partial charge on any atom is 0.234 e. The molecule has 1 saturated heterocycles. The van der Waals surface area contributed by atoms with Crippen molar-refractivity contribution in [3.05, 3.63) is 52.8 Å². The summed E-state index contributed by atoms with van der Waals surface area (Å²) in [5, 5.41) is 12.9. The number of rotatable bonds is 7. The predicted molar refractivity (Wildman–Crippen MR) is 134 cm³/mol. The molecule has 6 nitrogen and oxygen atoms in total. The lowest BCUT2D eigenvalue weighted by Gasteiger charge is -2.31. The summed E-state index contributed by atoms with van der Waals surface area (Å²) in [6.45, 7) is 11.2. The van der Waals surface area contributed by atoms with Crippen LogP contribution in [-0.4, -0.2) is 58.7 Å². The fraction of sp³-hybridized carbons (Fsp3) is 0.481. The van der Waals surface area contributed by atoms with E-state index in [9.17, 15) is 4.79 Å². The van der Waals surface area contributed by atoms with E-state index in [0.717, 1.165) is 37.3 Å². The number of likely N-dealkylation sites (tertiary alicyclic amines) is 1. The molecular weight excluding hydrogens is 412 g/mol. The minimum Gasteiger partial charge on any atom is -0.395 e. The van der Waals surface area contributed by atoms with Crippen molar-refractivity contribution in [3.63, 3.8) is 0 Å². The van der Waals surface area contributed by atoms with Gasteiger partial charge in [0, 0.05) is 34.4 Å². The van der Waals surface area contributed by atoms with Crippen LogP contribution in [0.1, 0.15) is 61.0 Å². The molecule has 2 aromatic heterocycles. The highest BCUT2D eigenvalue weighted by Gasteiger charge is 2.24. The zero-order chi connectivity index (χ0) is 23.5. The van der Waals surface area contributed by atoms with E-state index in [1.54, 1.807) is 0 Å². The fourth-order valence-corrected chi connectivity index (χ4v) is 5.17. The fourth-order valence-electron chi connectivity index (χ4n) is 5.17. The summed E-state index contributed by atoms with van der Waals surface area (Å²) >= 11 is 0. The average Bonchev–Trinajstić information content (AvgIpc) is 3.17. The van der Waals surface area contributed by atoms with E-state index >= 15 is 0 Å². The normalized spacial score (nSPS) is 15.5. The molecule has 0 saturated carbocycles. The van der Waals surface area contributed by atoms with Crippen molar-refractivity contribution in [2.24, 2.45) is 0 Å². The van der Waals surface area contributed by atoms with Gasteiger partial charge < -0.3 is 15.4 Å². The van der Waals surface area contributed by atoms with Crippen LogP contribution in [0.2, 0.25) is 0 Å². The van der Waals surface area contributed by atoms with E-state index < -0.39 is 0 Å². The Morgan fingerprint density at radius 3 is 2.52 bits per heavy atom. The Kier molecular flexibility index (Phi) is 7.15. The number of H-pyrrole nitrogens is 1. The van der Waals surface area contributed by atoms with Crippen LogP contribution in [0.4, 0.5) is 0 Å². The SMILES string of the molecule is Cc1cc(-c2[nH]c3ccc(C4CCN(CC(=O)NCCO)CC4)cc3c2C(C)C)cc(C)n1. The van der Waals surface area contributed by atoms with Gasteiger partial charge in [0.1, 0.15) is 0 Å². The zero-order valence-corrected chi connectivity index (χ0v) is 20.2. The number of piperidine rings is 1. The van der Waals surface area contributed by atoms with Gasteiger partial charge in [0.25, 0.3) is 0 Å². The average molecular weight is 449 g/mol. The van der Waals surface area contributed by atoms with Gasteiger partial charge in [-0.3, -0.25) is 14.7 Å². The smallest absolute Gasteiger partial charge is 0.234 e. The third-order valence-electron chi connectivity index (χ3n) is 6.67. The Hall–Kier alpha value is -2.70. The lowest BCUT2D eigenvalue weighted by Crippen LogP contribution is -2.41. The number of aliphatic hydroxyl groups is 1. The van der Waals surface area contributed by atoms with Crippen molar-refractivity contribution in [2.75, 3.05) is 32.8 Å². The van der Waals surface area contributed by atoms with Gasteiger partial charge in [-0.2, -0.15) is 0 Å². The number of aliphatic hydroxyl groups excluding tert-OH is 1. The quantitative estimate of drug-likeness (QED) is 0.505. The highest BCUT2D eigenvalue weighted by atomic mass is 16.3. The Morgan fingerprint density at radius 1 is 1.18 bits per heavy atom. The predicted octanol–water partition coefficient (Wildman–Crippen LogP) is 4.26. The highest BCUT2D eigenvalue weighted by Crippen LogP contribution is 2.38. The largest absolute Gasteiger partial charge is 0.395 e. The maximum absolute atomic E-state index is 12.0. The van der Waals surface area contributed by atoms with Gasteiger partial charge in [0.2, 0.25) is 5.91 Å². The first-order chi connectivity index (χ1) is 15.9. The van der Waals surface area contributed by atoms with Gasteiger partial charge in [-0.05, 0) is 87.0 Å². The summed E-state index contributed by atoms with van der Waals surface area (Å²) in [4.78, 5) is 22.4. The molecule has 0 bridgehead atoms. The Morgan fingerprint density at radius 2 is 1.88 bits per heavy atom. The molecule has 1 fully saturated rings. The van der Waals surface area contributed by atoms with E-state index in [0.29, 0.717) is 24.9 Å². The minimum absolute atomic E-state index is 0.00747. The standard InChI is InChI=1S/C27H36N4O2/c1-17(2)26-23-15-21(20-7-10-31(11-8-20)16-25(33)28-9-12-32)5-6-24(23)30-27(26)22-13-18(3)29-19(4)14-22/h5-6,13-15,17,20,30,32H,7-12,16H2,1-4H3,(H,28,33). The highest BCUT2D eigenvalue weighted by molar-refractivity contribution is 5.92. The number of carbonyl (C=O) groups is 1. The first-order valence-electron chi connectivity index (χ1n) is 12.1. The topological polar surface area (TPSA) is 81.2 Å². The molecule has 0 unspecified atom stereocenters. The van der Waals surface area contributed by atoms with Crippen LogP contribution >= 0.6 is 0 Å². The number of amides is 1. The number of aromatic nitrogens is 2. The van der Waals surface area contributed by atoms with Crippen molar-refractivity contribution >= 4 is 16.8 Å². The molecule has 0 radical (unpaired) electrons. The summed E-state index contributed by atoms with van der Waals surface area (Å²) in [7, 11) is 0. The first kappa shape index (κ1) is 23.5. The molecule has 4 rings (SSSR count). The van der Waals surface area contributed by atoms with Crippen LogP contribution in [0.3, 0.4) is 0 Å². The van der Waals surface area contributed by atoms with Crippen molar-refractivity contribution in [2.45, 2.75) is 52.4 Å². The third-order valence-corrected chi connectivity index (χ3v) is 6.67. The van der Waals surface area contributed by atoms with Crippen LogP contribution in [0.15, 0.2) is 30.3 Å². The summed E-state index contributed by atoms with van der Waals surface area (Å²) in [6.07, 6.45) is 2.10. The molecule has 3 N–H and O–H groups in total. The van der Waals surface area contributed by atoms with E-state index in [2.05, 4.69) is 78.2 Å². The number of hydrogen-bond acceptors (Lipinski definition) is 4. The molecular formula is C27H36N4O2. The molecule has 1 amide bonds. The van der Waals surface area contributed by atoms with Crippen molar-refractivity contribution in [1.29, 1.82) is 0 Å². The lowest BCUT2D eigenvalue weighted by atomic mass is 9.87. The molecule has 33 heavy (non-hydrogen) atoms. The van der Waals surface area contributed by atoms with Crippen molar-refractivity contribution in [1.82, 2.24) is 20.2 Å². The second-order valence-corrected chi connectivity index (χ2v) is 9.64. The number of nitrogens with one attached hydrogen (secondary N) is 2. The van der Waals surface area contributed by atoms with Crippen LogP contribution < -0.4 is 5.32 Å². The molecule has 176 valence electrons. The molecule has 6 heteroatoms. The number of nitrogens with zero attached hydrogens (tertiary/aromatic N) is 2. The van der Waals surface area contributed by atoms with Gasteiger partial charge in [-0.15, -0.1) is 0 Å². The van der Waals surface area contributed by atoms with E-state index in [1.807, 2.05) is 0 Å². The van der Waals surface area contributed by atoms with Crippen molar-refractivity contribution < 1.29 is 9.90 Å². The second-order valence-electron chi connectivity index (χ2n) is 9.64. The minimum atomic E-state index is -0.0180. The molecule has 0 spiro atoms. The number of benzene rings is 1. The Balaban J connectivity index is 1.56. The number of aromatic amines is 1. The van der Waals surface area contributed by atoms with Gasteiger partial charge in [-0.1, -0.05) is 19.9 Å². The maximum atomic E-state index is 12.0.